The van der Waals surface area contributed by atoms with Gasteiger partial charge in [0.25, 0.3) is 0 Å². The largest absolute Gasteiger partial charge is 0.374 e. The van der Waals surface area contributed by atoms with Gasteiger partial charge in [-0.1, -0.05) is 0 Å². The van der Waals surface area contributed by atoms with Crippen LogP contribution >= 0.6 is 11.3 Å². The molecule has 0 aromatic carbocycles. The standard InChI is InChI=1S/C13H24N2OS/c1-7-16-13(4,5)11(14-6)8-12-15-9(2)10(3)17-12/h11,14H,7-8H2,1-6H3. The Kier molecular flexibility index (Phi) is 5.10. The fourth-order valence-corrected chi connectivity index (χ4v) is 2.95. The molecule has 1 unspecified atom stereocenters. The lowest BCUT2D eigenvalue weighted by Crippen LogP contribution is -2.48. The molecular weight excluding hydrogens is 232 g/mol. The second-order valence-electron chi connectivity index (χ2n) is 4.83. The summed E-state index contributed by atoms with van der Waals surface area (Å²) in [6.45, 7) is 11.2. The van der Waals surface area contributed by atoms with Crippen molar-refractivity contribution in [3.05, 3.63) is 15.6 Å². The highest BCUT2D eigenvalue weighted by atomic mass is 32.1. The molecule has 1 atom stereocenters. The van der Waals surface area contributed by atoms with Crippen LogP contribution in [0.15, 0.2) is 0 Å². The van der Waals surface area contributed by atoms with Gasteiger partial charge in [0.2, 0.25) is 0 Å². The summed E-state index contributed by atoms with van der Waals surface area (Å²) in [6.07, 6.45) is 0.919. The Labute approximate surface area is 109 Å². The third-order valence-electron chi connectivity index (χ3n) is 3.16. The molecule has 0 aliphatic rings. The van der Waals surface area contributed by atoms with E-state index in [1.165, 1.54) is 9.88 Å². The Morgan fingerprint density at radius 1 is 1.41 bits per heavy atom. The van der Waals surface area contributed by atoms with Gasteiger partial charge in [-0.05, 0) is 41.7 Å². The van der Waals surface area contributed by atoms with Crippen LogP contribution in [0.1, 0.15) is 36.3 Å². The predicted molar refractivity (Wildman–Crippen MR) is 73.8 cm³/mol. The van der Waals surface area contributed by atoms with Gasteiger partial charge in [0.15, 0.2) is 0 Å². The number of thiazole rings is 1. The second-order valence-corrected chi connectivity index (χ2v) is 6.12. The Morgan fingerprint density at radius 2 is 2.06 bits per heavy atom. The van der Waals surface area contributed by atoms with Crippen molar-refractivity contribution in [2.24, 2.45) is 0 Å². The molecule has 17 heavy (non-hydrogen) atoms. The quantitative estimate of drug-likeness (QED) is 0.850. The maximum atomic E-state index is 5.81. The van der Waals surface area contributed by atoms with Crippen LogP contribution in [0, 0.1) is 13.8 Å². The summed E-state index contributed by atoms with van der Waals surface area (Å²) in [5.41, 5.74) is 0.978. The summed E-state index contributed by atoms with van der Waals surface area (Å²) in [5, 5.41) is 4.53. The van der Waals surface area contributed by atoms with Gasteiger partial charge in [-0.15, -0.1) is 11.3 Å². The van der Waals surface area contributed by atoms with Crippen LogP contribution in [0.2, 0.25) is 0 Å². The lowest BCUT2D eigenvalue weighted by molar-refractivity contribution is -0.0363. The van der Waals surface area contributed by atoms with Crippen molar-refractivity contribution in [3.8, 4) is 0 Å². The number of ether oxygens (including phenoxy) is 1. The Balaban J connectivity index is 2.76. The zero-order chi connectivity index (χ0) is 13.1. The third kappa shape index (κ3) is 3.76. The molecule has 0 saturated heterocycles. The molecule has 0 aliphatic carbocycles. The van der Waals surface area contributed by atoms with Crippen molar-refractivity contribution in [1.29, 1.82) is 0 Å². The minimum atomic E-state index is -0.170. The summed E-state index contributed by atoms with van der Waals surface area (Å²) in [6, 6.07) is 0.285. The Morgan fingerprint density at radius 3 is 2.47 bits per heavy atom. The number of aryl methyl sites for hydroxylation is 2. The zero-order valence-corrected chi connectivity index (χ0v) is 12.6. The van der Waals surface area contributed by atoms with Crippen molar-refractivity contribution < 1.29 is 4.74 Å². The summed E-state index contributed by atoms with van der Waals surface area (Å²) in [4.78, 5) is 5.90. The van der Waals surface area contributed by atoms with E-state index in [-0.39, 0.29) is 11.6 Å². The van der Waals surface area contributed by atoms with Gasteiger partial charge in [0.1, 0.15) is 0 Å². The molecule has 0 aliphatic heterocycles. The van der Waals surface area contributed by atoms with Crippen LogP contribution in [0.4, 0.5) is 0 Å². The van der Waals surface area contributed by atoms with Crippen LogP contribution in [0.5, 0.6) is 0 Å². The Bertz CT molecular complexity index is 341. The molecule has 0 spiro atoms. The highest BCUT2D eigenvalue weighted by Crippen LogP contribution is 2.23. The predicted octanol–water partition coefficient (Wildman–Crippen LogP) is 2.71. The van der Waals surface area contributed by atoms with Crippen molar-refractivity contribution in [1.82, 2.24) is 10.3 Å². The van der Waals surface area contributed by atoms with Crippen LogP contribution in [-0.2, 0) is 11.2 Å². The first kappa shape index (κ1) is 14.6. The van der Waals surface area contributed by atoms with E-state index in [4.69, 9.17) is 4.74 Å². The molecular formula is C13H24N2OS. The number of nitrogens with zero attached hydrogens (tertiary/aromatic N) is 1. The van der Waals surface area contributed by atoms with Gasteiger partial charge in [0.05, 0.1) is 16.3 Å². The maximum absolute atomic E-state index is 5.81. The molecule has 1 rings (SSSR count). The van der Waals surface area contributed by atoms with Crippen molar-refractivity contribution in [2.45, 2.75) is 52.7 Å². The van der Waals surface area contributed by atoms with Crippen LogP contribution < -0.4 is 5.32 Å². The van der Waals surface area contributed by atoms with Crippen LogP contribution in [0.3, 0.4) is 0 Å². The number of hydrogen-bond acceptors (Lipinski definition) is 4. The fourth-order valence-electron chi connectivity index (χ4n) is 1.97. The van der Waals surface area contributed by atoms with Crippen LogP contribution in [-0.4, -0.2) is 30.3 Å². The summed E-state index contributed by atoms with van der Waals surface area (Å²) in [5.74, 6) is 0. The minimum absolute atomic E-state index is 0.170. The number of hydrogen-bond donors (Lipinski definition) is 1. The van der Waals surface area contributed by atoms with E-state index < -0.39 is 0 Å². The van der Waals surface area contributed by atoms with Gasteiger partial charge < -0.3 is 10.1 Å². The topological polar surface area (TPSA) is 34.1 Å². The molecule has 1 aromatic heterocycles. The average Bonchev–Trinajstić information content (AvgIpc) is 2.54. The molecule has 4 heteroatoms. The molecule has 1 heterocycles. The average molecular weight is 256 g/mol. The second kappa shape index (κ2) is 5.94. The first-order valence-corrected chi connectivity index (χ1v) is 6.96. The molecule has 0 fully saturated rings. The van der Waals surface area contributed by atoms with E-state index in [1.54, 1.807) is 11.3 Å². The number of rotatable bonds is 6. The summed E-state index contributed by atoms with van der Waals surface area (Å²) in [7, 11) is 1.98. The lowest BCUT2D eigenvalue weighted by atomic mass is 9.96. The monoisotopic (exact) mass is 256 g/mol. The number of likely N-dealkylation sites (N-methyl/N-ethyl adjacent to an activating group) is 1. The van der Waals surface area contributed by atoms with Gasteiger partial charge in [-0.2, -0.15) is 0 Å². The lowest BCUT2D eigenvalue weighted by Gasteiger charge is -2.33. The minimum Gasteiger partial charge on any atom is -0.374 e. The fraction of sp³-hybridized carbons (Fsp3) is 0.769. The van der Waals surface area contributed by atoms with E-state index in [0.717, 1.165) is 18.7 Å². The van der Waals surface area contributed by atoms with E-state index in [9.17, 15) is 0 Å². The van der Waals surface area contributed by atoms with Gasteiger partial charge in [-0.25, -0.2) is 4.98 Å². The van der Waals surface area contributed by atoms with E-state index in [1.807, 2.05) is 14.0 Å². The van der Waals surface area contributed by atoms with Gasteiger partial charge >= 0.3 is 0 Å². The van der Waals surface area contributed by atoms with E-state index >= 15 is 0 Å². The summed E-state index contributed by atoms with van der Waals surface area (Å²) >= 11 is 1.79. The van der Waals surface area contributed by atoms with Gasteiger partial charge in [-0.3, -0.25) is 0 Å². The molecule has 3 nitrogen and oxygen atoms in total. The number of nitrogens with one attached hydrogen (secondary N) is 1. The third-order valence-corrected chi connectivity index (χ3v) is 4.25. The first-order valence-electron chi connectivity index (χ1n) is 6.14. The zero-order valence-electron chi connectivity index (χ0n) is 11.8. The molecule has 1 N–H and O–H groups in total. The Hall–Kier alpha value is -0.450. The molecule has 98 valence electrons. The normalized spacial score (nSPS) is 14.0. The van der Waals surface area contributed by atoms with E-state index in [2.05, 4.69) is 38.0 Å². The highest BCUT2D eigenvalue weighted by molar-refractivity contribution is 7.11. The summed E-state index contributed by atoms with van der Waals surface area (Å²) < 4.78 is 5.81. The molecule has 1 aromatic rings. The van der Waals surface area contributed by atoms with Crippen molar-refractivity contribution in [2.75, 3.05) is 13.7 Å². The van der Waals surface area contributed by atoms with Crippen molar-refractivity contribution >= 4 is 11.3 Å². The molecule has 0 radical (unpaired) electrons. The first-order chi connectivity index (χ1) is 7.90. The number of aromatic nitrogens is 1. The van der Waals surface area contributed by atoms with E-state index in [0.29, 0.717) is 0 Å². The smallest absolute Gasteiger partial charge is 0.0947 e. The van der Waals surface area contributed by atoms with Crippen molar-refractivity contribution in [3.63, 3.8) is 0 Å². The van der Waals surface area contributed by atoms with Crippen LogP contribution in [0.25, 0.3) is 0 Å². The molecule has 0 amide bonds. The maximum Gasteiger partial charge on any atom is 0.0947 e. The molecule has 0 bridgehead atoms. The van der Waals surface area contributed by atoms with Gasteiger partial charge in [0, 0.05) is 23.9 Å². The SMILES string of the molecule is CCOC(C)(C)C(Cc1nc(C)c(C)s1)NC. The highest BCUT2D eigenvalue weighted by Gasteiger charge is 2.29. The molecule has 0 saturated carbocycles.